The second-order valence-electron chi connectivity index (χ2n) is 5.87. The van der Waals surface area contributed by atoms with Crippen LogP contribution in [-0.4, -0.2) is 37.4 Å². The van der Waals surface area contributed by atoms with Crippen molar-refractivity contribution in [2.24, 2.45) is 0 Å². The predicted octanol–water partition coefficient (Wildman–Crippen LogP) is 2.11. The summed E-state index contributed by atoms with van der Waals surface area (Å²) in [7, 11) is -3.66. The summed E-state index contributed by atoms with van der Waals surface area (Å²) in [6.07, 6.45) is 3.81. The molecule has 0 saturated carbocycles. The van der Waals surface area contributed by atoms with Crippen molar-refractivity contribution >= 4 is 39.2 Å². The molecule has 0 bridgehead atoms. The topological polar surface area (TPSA) is 104 Å². The summed E-state index contributed by atoms with van der Waals surface area (Å²) in [5, 5.41) is 2.74. The Labute approximate surface area is 156 Å². The summed E-state index contributed by atoms with van der Waals surface area (Å²) in [5.74, 6) is 0.171. The predicted molar refractivity (Wildman–Crippen MR) is 100 cm³/mol. The van der Waals surface area contributed by atoms with Gasteiger partial charge in [-0.3, -0.25) is 9.10 Å². The summed E-state index contributed by atoms with van der Waals surface area (Å²) >= 11 is 6.24. The Hall–Kier alpha value is -2.23. The number of hydrogen-bond donors (Lipinski definition) is 2. The van der Waals surface area contributed by atoms with Gasteiger partial charge in [-0.25, -0.2) is 9.97 Å². The van der Waals surface area contributed by atoms with Crippen molar-refractivity contribution in [3.8, 4) is 11.1 Å². The third kappa shape index (κ3) is 3.64. The lowest BCUT2D eigenvalue weighted by Crippen LogP contribution is -2.47. The highest BCUT2D eigenvalue weighted by Gasteiger charge is 2.30. The molecule has 10 heteroatoms. The van der Waals surface area contributed by atoms with Crippen LogP contribution in [0.1, 0.15) is 18.9 Å². The van der Waals surface area contributed by atoms with E-state index in [4.69, 9.17) is 11.6 Å². The van der Waals surface area contributed by atoms with Crippen molar-refractivity contribution in [1.29, 1.82) is 0 Å². The van der Waals surface area contributed by atoms with Crippen LogP contribution in [0.15, 0.2) is 24.5 Å². The van der Waals surface area contributed by atoms with Gasteiger partial charge in [0.25, 0.3) is 0 Å². The van der Waals surface area contributed by atoms with Gasteiger partial charge < -0.3 is 5.32 Å². The number of halogens is 1. The first-order valence-electron chi connectivity index (χ1n) is 7.96. The Balaban J connectivity index is 2.10. The smallest absolute Gasteiger partial charge is 0.301 e. The maximum Gasteiger partial charge on any atom is 0.301 e. The third-order valence-corrected chi connectivity index (χ3v) is 5.79. The Morgan fingerprint density at radius 1 is 1.38 bits per heavy atom. The van der Waals surface area contributed by atoms with E-state index in [1.807, 2.05) is 0 Å². The molecule has 2 aromatic rings. The molecule has 1 aliphatic rings. The third-order valence-electron chi connectivity index (χ3n) is 4.00. The zero-order chi connectivity index (χ0) is 18.9. The lowest BCUT2D eigenvalue weighted by molar-refractivity contribution is -0.114. The average Bonchev–Trinajstić information content (AvgIpc) is 2.56. The van der Waals surface area contributed by atoms with Gasteiger partial charge in [0.05, 0.1) is 5.69 Å². The van der Waals surface area contributed by atoms with Crippen LogP contribution in [0.4, 0.5) is 11.5 Å². The zero-order valence-electron chi connectivity index (χ0n) is 14.3. The monoisotopic (exact) mass is 395 g/mol. The Morgan fingerprint density at radius 3 is 2.85 bits per heavy atom. The second-order valence-corrected chi connectivity index (χ2v) is 7.91. The molecule has 26 heavy (non-hydrogen) atoms. The number of rotatable bonds is 3. The van der Waals surface area contributed by atoms with Crippen molar-refractivity contribution < 1.29 is 13.2 Å². The molecule has 0 spiro atoms. The highest BCUT2D eigenvalue weighted by atomic mass is 35.5. The SMILES string of the molecule is CC(=O)Nc1cc(-c2cnc(Cl)c(N3CCCNS3(=O)=O)c2C)ccn1. The van der Waals surface area contributed by atoms with Gasteiger partial charge in [0.2, 0.25) is 5.91 Å². The van der Waals surface area contributed by atoms with E-state index in [0.717, 1.165) is 5.56 Å². The molecule has 8 nitrogen and oxygen atoms in total. The summed E-state index contributed by atoms with van der Waals surface area (Å²) in [5.41, 5.74) is 2.49. The first-order chi connectivity index (χ1) is 12.3. The van der Waals surface area contributed by atoms with Gasteiger partial charge in [-0.05, 0) is 36.6 Å². The van der Waals surface area contributed by atoms with E-state index in [9.17, 15) is 13.2 Å². The van der Waals surface area contributed by atoms with E-state index in [1.54, 1.807) is 31.5 Å². The van der Waals surface area contributed by atoms with Crippen LogP contribution in [0.25, 0.3) is 11.1 Å². The molecule has 1 saturated heterocycles. The molecule has 3 heterocycles. The normalized spacial score (nSPS) is 16.3. The van der Waals surface area contributed by atoms with E-state index in [0.29, 0.717) is 42.1 Å². The Kier molecular flexibility index (Phi) is 5.12. The van der Waals surface area contributed by atoms with Crippen LogP contribution in [0.2, 0.25) is 5.15 Å². The molecule has 0 unspecified atom stereocenters. The highest BCUT2D eigenvalue weighted by molar-refractivity contribution is 7.91. The number of aromatic nitrogens is 2. The molecule has 0 aliphatic carbocycles. The van der Waals surface area contributed by atoms with E-state index in [2.05, 4.69) is 20.0 Å². The van der Waals surface area contributed by atoms with Gasteiger partial charge in [0.15, 0.2) is 5.15 Å². The molecule has 1 fully saturated rings. The highest BCUT2D eigenvalue weighted by Crippen LogP contribution is 2.36. The van der Waals surface area contributed by atoms with Gasteiger partial charge >= 0.3 is 10.2 Å². The molecule has 1 amide bonds. The van der Waals surface area contributed by atoms with Crippen molar-refractivity contribution in [2.45, 2.75) is 20.3 Å². The molecule has 0 radical (unpaired) electrons. The van der Waals surface area contributed by atoms with Crippen LogP contribution in [0.5, 0.6) is 0 Å². The van der Waals surface area contributed by atoms with Crippen molar-refractivity contribution in [1.82, 2.24) is 14.7 Å². The van der Waals surface area contributed by atoms with E-state index >= 15 is 0 Å². The molecule has 0 atom stereocenters. The zero-order valence-corrected chi connectivity index (χ0v) is 15.9. The van der Waals surface area contributed by atoms with Crippen LogP contribution >= 0.6 is 11.6 Å². The largest absolute Gasteiger partial charge is 0.311 e. The first kappa shape index (κ1) is 18.6. The maximum atomic E-state index is 12.4. The van der Waals surface area contributed by atoms with Crippen LogP contribution in [0, 0.1) is 6.92 Å². The molecule has 3 rings (SSSR count). The van der Waals surface area contributed by atoms with Crippen molar-refractivity contribution in [2.75, 3.05) is 22.7 Å². The molecular formula is C16H18ClN5O3S. The standard InChI is InChI=1S/C16H18ClN5O3S/c1-10-13(12-4-6-18-14(8-12)21-11(2)23)9-19-16(17)15(10)22-7-3-5-20-26(22,24)25/h4,6,8-9,20H,3,5,7H2,1-2H3,(H,18,21,23). The van der Waals surface area contributed by atoms with Crippen LogP contribution < -0.4 is 14.3 Å². The molecular weight excluding hydrogens is 378 g/mol. The van der Waals surface area contributed by atoms with Crippen molar-refractivity contribution in [3.63, 3.8) is 0 Å². The van der Waals surface area contributed by atoms with Crippen LogP contribution in [0.3, 0.4) is 0 Å². The molecule has 2 aromatic heterocycles. The quantitative estimate of drug-likeness (QED) is 0.774. The summed E-state index contributed by atoms with van der Waals surface area (Å²) in [6, 6.07) is 3.46. The molecule has 1 aliphatic heterocycles. The number of hydrogen-bond acceptors (Lipinski definition) is 5. The van der Waals surface area contributed by atoms with E-state index in [-0.39, 0.29) is 11.1 Å². The fraction of sp³-hybridized carbons (Fsp3) is 0.312. The maximum absolute atomic E-state index is 12.4. The molecule has 2 N–H and O–H groups in total. The first-order valence-corrected chi connectivity index (χ1v) is 9.78. The van der Waals surface area contributed by atoms with Gasteiger partial charge in [-0.1, -0.05) is 11.6 Å². The second kappa shape index (κ2) is 7.18. The lowest BCUT2D eigenvalue weighted by atomic mass is 10.0. The lowest BCUT2D eigenvalue weighted by Gasteiger charge is -2.30. The fourth-order valence-corrected chi connectivity index (χ4v) is 4.58. The summed E-state index contributed by atoms with van der Waals surface area (Å²) < 4.78 is 28.5. The Morgan fingerprint density at radius 2 is 2.15 bits per heavy atom. The number of nitrogens with one attached hydrogen (secondary N) is 2. The number of anilines is 2. The number of pyridine rings is 2. The summed E-state index contributed by atoms with van der Waals surface area (Å²) in [6.45, 7) is 3.91. The number of carbonyl (C=O) groups is 1. The number of amides is 1. The van der Waals surface area contributed by atoms with Gasteiger partial charge in [0.1, 0.15) is 5.82 Å². The minimum atomic E-state index is -3.66. The van der Waals surface area contributed by atoms with E-state index < -0.39 is 10.2 Å². The van der Waals surface area contributed by atoms with Crippen LogP contribution in [-0.2, 0) is 15.0 Å². The van der Waals surface area contributed by atoms with Crippen molar-refractivity contribution in [3.05, 3.63) is 35.2 Å². The van der Waals surface area contributed by atoms with Gasteiger partial charge in [0, 0.05) is 38.0 Å². The molecule has 0 aromatic carbocycles. The minimum absolute atomic E-state index is 0.120. The average molecular weight is 396 g/mol. The van der Waals surface area contributed by atoms with Gasteiger partial charge in [-0.15, -0.1) is 0 Å². The molecule has 138 valence electrons. The van der Waals surface area contributed by atoms with Gasteiger partial charge in [-0.2, -0.15) is 13.1 Å². The van der Waals surface area contributed by atoms with E-state index in [1.165, 1.54) is 11.2 Å². The number of nitrogens with zero attached hydrogens (tertiary/aromatic N) is 3. The summed E-state index contributed by atoms with van der Waals surface area (Å²) in [4.78, 5) is 19.5. The Bertz CT molecular complexity index is 964. The minimum Gasteiger partial charge on any atom is -0.311 e. The fourth-order valence-electron chi connectivity index (χ4n) is 2.84. The number of carbonyl (C=O) groups excluding carboxylic acids is 1.